The van der Waals surface area contributed by atoms with Crippen molar-refractivity contribution in [2.24, 2.45) is 5.41 Å². The Balaban J connectivity index is 1.80. The smallest absolute Gasteiger partial charge is 0.248 e. The zero-order chi connectivity index (χ0) is 25.3. The number of β-amino-alcohol motifs (C(OH)–C–C–N with tert-alkyl or cyclic N) is 1. The highest BCUT2D eigenvalue weighted by atomic mass is 32.2. The van der Waals surface area contributed by atoms with Gasteiger partial charge >= 0.3 is 0 Å². The first kappa shape index (κ1) is 25.6. The van der Waals surface area contributed by atoms with Crippen molar-refractivity contribution in [1.29, 1.82) is 0 Å². The lowest BCUT2D eigenvalue weighted by Gasteiger charge is -2.34. The van der Waals surface area contributed by atoms with Crippen LogP contribution in [0.3, 0.4) is 0 Å². The molecule has 3 rings (SSSR count). The quantitative estimate of drug-likeness (QED) is 0.569. The van der Waals surface area contributed by atoms with Gasteiger partial charge in [-0.2, -0.15) is 0 Å². The number of carbonyl (C=O) groups is 2. The number of carbonyl (C=O) groups excluding carboxylic acids is 2. The summed E-state index contributed by atoms with van der Waals surface area (Å²) >= 11 is 0. The van der Waals surface area contributed by atoms with Gasteiger partial charge in [0.15, 0.2) is 9.84 Å². The van der Waals surface area contributed by atoms with Gasteiger partial charge in [0, 0.05) is 26.3 Å². The molecule has 0 aliphatic carbocycles. The summed E-state index contributed by atoms with van der Waals surface area (Å²) in [5.74, 6) is -0.308. The molecule has 0 radical (unpaired) electrons. The van der Waals surface area contributed by atoms with Crippen molar-refractivity contribution in [2.45, 2.75) is 56.9 Å². The van der Waals surface area contributed by atoms with Crippen molar-refractivity contribution < 1.29 is 27.9 Å². The van der Waals surface area contributed by atoms with Crippen LogP contribution in [0.1, 0.15) is 38.9 Å². The summed E-state index contributed by atoms with van der Waals surface area (Å²) in [6.07, 6.45) is 2.10. The number of aliphatic hydroxyl groups is 1. The van der Waals surface area contributed by atoms with E-state index in [0.717, 1.165) is 6.26 Å². The topological polar surface area (TPSA) is 144 Å². The van der Waals surface area contributed by atoms with Crippen molar-refractivity contribution in [3.63, 3.8) is 0 Å². The Labute approximate surface area is 199 Å². The minimum atomic E-state index is -3.37. The minimum absolute atomic E-state index is 0.0154. The van der Waals surface area contributed by atoms with Gasteiger partial charge in [-0.25, -0.2) is 13.1 Å². The van der Waals surface area contributed by atoms with Crippen LogP contribution in [0, 0.1) is 5.41 Å². The highest BCUT2D eigenvalue weighted by Gasteiger charge is 2.45. The largest absolute Gasteiger partial charge is 0.487 e. The molecule has 0 spiro atoms. The number of benzene rings is 1. The van der Waals surface area contributed by atoms with Gasteiger partial charge in [-0.1, -0.05) is 32.1 Å². The second-order valence-electron chi connectivity index (χ2n) is 9.50. The van der Waals surface area contributed by atoms with Gasteiger partial charge in [-0.05, 0) is 23.6 Å². The van der Waals surface area contributed by atoms with Crippen LogP contribution in [0.5, 0.6) is 5.75 Å². The third-order valence-electron chi connectivity index (χ3n) is 5.61. The Morgan fingerprint density at radius 3 is 2.65 bits per heavy atom. The minimum Gasteiger partial charge on any atom is -0.487 e. The molecule has 2 aromatic rings. The Hall–Kier alpha value is -2.99. The molecule has 1 aromatic carbocycles. The molecule has 2 amide bonds. The monoisotopic (exact) mass is 493 g/mol. The Bertz CT molecular complexity index is 1160. The summed E-state index contributed by atoms with van der Waals surface area (Å²) in [6.45, 7) is 5.72. The molecule has 186 valence electrons. The van der Waals surface area contributed by atoms with Gasteiger partial charge in [-0.3, -0.25) is 9.59 Å². The fourth-order valence-electron chi connectivity index (χ4n) is 3.97. The number of rotatable bonds is 7. The number of aliphatic hydroxyl groups excluding tert-OH is 1. The fourth-order valence-corrected chi connectivity index (χ4v) is 4.62. The summed E-state index contributed by atoms with van der Waals surface area (Å²) in [7, 11) is -1.87. The number of likely N-dealkylation sites (tertiary alicyclic amines) is 1. The SMILES string of the molecule is CNC(=O)[C@H]1CC(O)CN1C(=O)C(n1cc(COc2cccc(S(C)(=O)=O)c2)nn1)C(C)(C)C. The van der Waals surface area contributed by atoms with Crippen molar-refractivity contribution in [2.75, 3.05) is 19.8 Å². The molecule has 3 atom stereocenters. The van der Waals surface area contributed by atoms with Gasteiger partial charge in [0.1, 0.15) is 30.1 Å². The zero-order valence-corrected chi connectivity index (χ0v) is 20.7. The molecule has 11 nitrogen and oxygen atoms in total. The Kier molecular flexibility index (Phi) is 7.32. The van der Waals surface area contributed by atoms with E-state index < -0.39 is 33.4 Å². The average Bonchev–Trinajstić information content (AvgIpc) is 3.37. The number of hydrogen-bond acceptors (Lipinski definition) is 8. The van der Waals surface area contributed by atoms with Crippen LogP contribution in [0.2, 0.25) is 0 Å². The molecule has 1 aliphatic heterocycles. The summed E-state index contributed by atoms with van der Waals surface area (Å²) in [5, 5.41) is 20.9. The molecule has 34 heavy (non-hydrogen) atoms. The number of nitrogens with one attached hydrogen (secondary N) is 1. The molecule has 2 N–H and O–H groups in total. The molecule has 0 saturated carbocycles. The number of likely N-dealkylation sites (N-methyl/N-ethyl adjacent to an activating group) is 1. The maximum absolute atomic E-state index is 13.5. The molecule has 2 unspecified atom stereocenters. The van der Waals surface area contributed by atoms with Crippen LogP contribution in [-0.4, -0.2) is 77.2 Å². The molecule has 0 bridgehead atoms. The lowest BCUT2D eigenvalue weighted by Crippen LogP contribution is -2.49. The number of hydrogen-bond donors (Lipinski definition) is 2. The van der Waals surface area contributed by atoms with Gasteiger partial charge in [-0.15, -0.1) is 5.10 Å². The van der Waals surface area contributed by atoms with E-state index in [2.05, 4.69) is 15.6 Å². The second-order valence-corrected chi connectivity index (χ2v) is 11.5. The van der Waals surface area contributed by atoms with Crippen molar-refractivity contribution >= 4 is 21.7 Å². The lowest BCUT2D eigenvalue weighted by atomic mass is 9.85. The first-order valence-corrected chi connectivity index (χ1v) is 12.7. The molecule has 1 saturated heterocycles. The Morgan fingerprint density at radius 1 is 1.32 bits per heavy atom. The summed E-state index contributed by atoms with van der Waals surface area (Å²) in [5.41, 5.74) is -0.135. The van der Waals surface area contributed by atoms with Gasteiger partial charge in [0.2, 0.25) is 11.8 Å². The van der Waals surface area contributed by atoms with Crippen LogP contribution in [0.25, 0.3) is 0 Å². The number of aromatic nitrogens is 3. The van der Waals surface area contributed by atoms with Crippen LogP contribution < -0.4 is 10.1 Å². The summed E-state index contributed by atoms with van der Waals surface area (Å²) < 4.78 is 30.6. The Morgan fingerprint density at radius 2 is 2.03 bits per heavy atom. The molecule has 1 aromatic heterocycles. The number of nitrogens with zero attached hydrogens (tertiary/aromatic N) is 4. The molecule has 1 fully saturated rings. The first-order chi connectivity index (χ1) is 15.8. The maximum Gasteiger partial charge on any atom is 0.248 e. The van der Waals surface area contributed by atoms with E-state index in [9.17, 15) is 23.1 Å². The normalized spacial score (nSPS) is 19.6. The van der Waals surface area contributed by atoms with E-state index in [0.29, 0.717) is 11.4 Å². The standard InChI is InChI=1S/C22H31N5O6S/c1-22(2,3)19(21(30)26-12-15(28)9-18(26)20(29)23-4)27-11-14(24-25-27)13-33-16-7-6-8-17(10-16)34(5,31)32/h6-8,10-11,15,18-19,28H,9,12-13H2,1-5H3,(H,23,29)/t15?,18-,19?/m1/s1. The van der Waals surface area contributed by atoms with Crippen LogP contribution >= 0.6 is 0 Å². The van der Waals surface area contributed by atoms with E-state index in [-0.39, 0.29) is 36.3 Å². The third-order valence-corrected chi connectivity index (χ3v) is 6.72. The molecule has 12 heteroatoms. The third kappa shape index (κ3) is 5.73. The van der Waals surface area contributed by atoms with E-state index >= 15 is 0 Å². The number of amides is 2. The molecular weight excluding hydrogens is 462 g/mol. The van der Waals surface area contributed by atoms with Crippen LogP contribution in [-0.2, 0) is 26.0 Å². The predicted octanol–water partition coefficient (Wildman–Crippen LogP) is 0.556. The second kappa shape index (κ2) is 9.71. The van der Waals surface area contributed by atoms with Crippen molar-refractivity contribution in [1.82, 2.24) is 25.2 Å². The van der Waals surface area contributed by atoms with Crippen molar-refractivity contribution in [3.05, 3.63) is 36.2 Å². The fraction of sp³-hybridized carbons (Fsp3) is 0.545. The highest BCUT2D eigenvalue weighted by Crippen LogP contribution is 2.34. The van der Waals surface area contributed by atoms with Crippen LogP contribution in [0.4, 0.5) is 0 Å². The number of ether oxygens (including phenoxy) is 1. The predicted molar refractivity (Wildman–Crippen MR) is 123 cm³/mol. The van der Waals surface area contributed by atoms with E-state index in [1.807, 2.05) is 20.8 Å². The van der Waals surface area contributed by atoms with Crippen LogP contribution in [0.15, 0.2) is 35.4 Å². The molecule has 2 heterocycles. The molecular formula is C22H31N5O6S. The lowest BCUT2D eigenvalue weighted by molar-refractivity contribution is -0.144. The zero-order valence-electron chi connectivity index (χ0n) is 19.9. The summed E-state index contributed by atoms with van der Waals surface area (Å²) in [4.78, 5) is 27.4. The summed E-state index contributed by atoms with van der Waals surface area (Å²) in [6, 6.07) is 4.60. The van der Waals surface area contributed by atoms with E-state index in [1.165, 1.54) is 28.8 Å². The van der Waals surface area contributed by atoms with Crippen molar-refractivity contribution in [3.8, 4) is 5.75 Å². The maximum atomic E-state index is 13.5. The van der Waals surface area contributed by atoms with E-state index in [1.54, 1.807) is 18.3 Å². The van der Waals surface area contributed by atoms with Gasteiger partial charge in [0.05, 0.1) is 17.2 Å². The molecule has 1 aliphatic rings. The number of sulfone groups is 1. The van der Waals surface area contributed by atoms with E-state index in [4.69, 9.17) is 4.74 Å². The highest BCUT2D eigenvalue weighted by molar-refractivity contribution is 7.90. The van der Waals surface area contributed by atoms with Gasteiger partial charge in [0.25, 0.3) is 0 Å². The average molecular weight is 494 g/mol. The first-order valence-electron chi connectivity index (χ1n) is 10.8. The van der Waals surface area contributed by atoms with Gasteiger partial charge < -0.3 is 20.1 Å².